The van der Waals surface area contributed by atoms with E-state index in [9.17, 15) is 4.79 Å². The highest BCUT2D eigenvalue weighted by Gasteiger charge is 2.40. The molecule has 0 bridgehead atoms. The predicted molar refractivity (Wildman–Crippen MR) is 97.8 cm³/mol. The van der Waals surface area contributed by atoms with Crippen molar-refractivity contribution in [2.75, 3.05) is 13.1 Å². The van der Waals surface area contributed by atoms with E-state index in [0.717, 1.165) is 30.4 Å². The fourth-order valence-electron chi connectivity index (χ4n) is 3.90. The van der Waals surface area contributed by atoms with E-state index in [0.29, 0.717) is 18.0 Å². The van der Waals surface area contributed by atoms with Crippen LogP contribution in [0.15, 0.2) is 11.1 Å². The molecule has 0 spiro atoms. The van der Waals surface area contributed by atoms with Crippen LogP contribution < -0.4 is 5.32 Å². The Morgan fingerprint density at radius 2 is 1.96 bits per heavy atom. The van der Waals surface area contributed by atoms with Gasteiger partial charge in [0.25, 0.3) is 0 Å². The van der Waals surface area contributed by atoms with Gasteiger partial charge in [-0.1, -0.05) is 35.4 Å². The minimum absolute atomic E-state index is 0.144. The van der Waals surface area contributed by atoms with Crippen molar-refractivity contribution in [3.63, 3.8) is 0 Å². The molecule has 2 rings (SSSR count). The number of rotatable bonds is 4. The van der Waals surface area contributed by atoms with Crippen molar-refractivity contribution >= 4 is 22.0 Å². The summed E-state index contributed by atoms with van der Waals surface area (Å²) in [5.41, 5.74) is -0.428. The monoisotopic (exact) mass is 386 g/mol. The highest BCUT2D eigenvalue weighted by atomic mass is 79.9. The van der Waals surface area contributed by atoms with Crippen molar-refractivity contribution in [1.29, 1.82) is 0 Å². The molecule has 2 fully saturated rings. The van der Waals surface area contributed by atoms with Gasteiger partial charge < -0.3 is 15.0 Å². The van der Waals surface area contributed by atoms with Crippen molar-refractivity contribution in [3.8, 4) is 0 Å². The molecule has 1 saturated carbocycles. The quantitative estimate of drug-likeness (QED) is 0.775. The summed E-state index contributed by atoms with van der Waals surface area (Å²) in [6.45, 7) is 11.3. The van der Waals surface area contributed by atoms with Crippen LogP contribution in [0.2, 0.25) is 0 Å². The lowest BCUT2D eigenvalue weighted by Gasteiger charge is -2.40. The van der Waals surface area contributed by atoms with E-state index in [4.69, 9.17) is 4.74 Å². The molecule has 1 aliphatic carbocycles. The van der Waals surface area contributed by atoms with Crippen LogP contribution in [0.4, 0.5) is 4.79 Å². The third-order valence-electron chi connectivity index (χ3n) is 4.80. The maximum absolute atomic E-state index is 12.5. The van der Waals surface area contributed by atoms with Gasteiger partial charge in [-0.2, -0.15) is 0 Å². The predicted octanol–water partition coefficient (Wildman–Crippen LogP) is 4.44. The maximum Gasteiger partial charge on any atom is 0.410 e. The average Bonchev–Trinajstić information content (AvgIpc) is 2.93. The molecule has 1 aliphatic heterocycles. The lowest BCUT2D eigenvalue weighted by atomic mass is 9.79. The SMILES string of the molecule is C=C(Br)CNC1CCCCC1C1CCCN1C(=O)OC(C)(C)C. The van der Waals surface area contributed by atoms with Gasteiger partial charge in [-0.25, -0.2) is 4.79 Å². The average molecular weight is 387 g/mol. The van der Waals surface area contributed by atoms with Crippen LogP contribution in [0.1, 0.15) is 59.3 Å². The number of nitrogens with one attached hydrogen (secondary N) is 1. The molecule has 0 radical (unpaired) electrons. The van der Waals surface area contributed by atoms with Crippen LogP contribution in [-0.4, -0.2) is 41.8 Å². The van der Waals surface area contributed by atoms with Gasteiger partial charge in [0, 0.05) is 29.7 Å². The summed E-state index contributed by atoms with van der Waals surface area (Å²) >= 11 is 3.43. The van der Waals surface area contributed by atoms with Crippen LogP contribution in [0.25, 0.3) is 0 Å². The number of halogens is 1. The Morgan fingerprint density at radius 3 is 2.61 bits per heavy atom. The normalized spacial score (nSPS) is 28.7. The number of carbonyl (C=O) groups excluding carboxylic acids is 1. The summed E-state index contributed by atoms with van der Waals surface area (Å²) in [5, 5.41) is 3.63. The Hall–Kier alpha value is -0.550. The second kappa shape index (κ2) is 8.02. The highest BCUT2D eigenvalue weighted by molar-refractivity contribution is 9.11. The van der Waals surface area contributed by atoms with Gasteiger partial charge in [-0.05, 0) is 52.4 Å². The summed E-state index contributed by atoms with van der Waals surface area (Å²) in [5.74, 6) is 0.519. The molecule has 1 amide bonds. The van der Waals surface area contributed by atoms with E-state index < -0.39 is 5.60 Å². The molecule has 5 heteroatoms. The lowest BCUT2D eigenvalue weighted by Crippen LogP contribution is -2.50. The smallest absolute Gasteiger partial charge is 0.410 e. The van der Waals surface area contributed by atoms with Gasteiger partial charge in [0.1, 0.15) is 5.60 Å². The van der Waals surface area contributed by atoms with Gasteiger partial charge in [-0.3, -0.25) is 0 Å². The molecule has 3 unspecified atom stereocenters. The molecule has 23 heavy (non-hydrogen) atoms. The van der Waals surface area contributed by atoms with Crippen molar-refractivity contribution in [3.05, 3.63) is 11.1 Å². The third kappa shape index (κ3) is 5.49. The van der Waals surface area contributed by atoms with Crippen LogP contribution in [0, 0.1) is 5.92 Å². The third-order valence-corrected chi connectivity index (χ3v) is 5.08. The maximum atomic E-state index is 12.5. The van der Waals surface area contributed by atoms with Crippen molar-refractivity contribution < 1.29 is 9.53 Å². The molecule has 3 atom stereocenters. The molecular formula is C18H31BrN2O2. The molecule has 0 aromatic rings. The van der Waals surface area contributed by atoms with Crippen LogP contribution in [0.5, 0.6) is 0 Å². The molecule has 132 valence electrons. The van der Waals surface area contributed by atoms with Gasteiger partial charge in [-0.15, -0.1) is 0 Å². The standard InChI is InChI=1S/C18H31BrN2O2/c1-13(19)12-20-15-9-6-5-8-14(15)16-10-7-11-21(16)17(22)23-18(2,3)4/h14-16,20H,1,5-12H2,2-4H3. The minimum atomic E-state index is -0.428. The highest BCUT2D eigenvalue weighted by Crippen LogP contribution is 2.35. The number of amides is 1. The molecule has 2 aliphatic rings. The van der Waals surface area contributed by atoms with E-state index in [-0.39, 0.29) is 6.09 Å². The zero-order valence-corrected chi connectivity index (χ0v) is 16.3. The Labute approximate surface area is 149 Å². The second-order valence-electron chi connectivity index (χ2n) is 7.84. The molecule has 1 heterocycles. The van der Waals surface area contributed by atoms with Crippen LogP contribution in [0.3, 0.4) is 0 Å². The zero-order valence-electron chi connectivity index (χ0n) is 14.7. The van der Waals surface area contributed by atoms with Crippen LogP contribution >= 0.6 is 15.9 Å². The number of nitrogens with zero attached hydrogens (tertiary/aromatic N) is 1. The first-order chi connectivity index (χ1) is 10.8. The molecule has 4 nitrogen and oxygen atoms in total. The zero-order chi connectivity index (χ0) is 17.0. The second-order valence-corrected chi connectivity index (χ2v) is 8.96. The fourth-order valence-corrected chi connectivity index (χ4v) is 4.06. The van der Waals surface area contributed by atoms with Crippen LogP contribution in [-0.2, 0) is 4.74 Å². The summed E-state index contributed by atoms with van der Waals surface area (Å²) in [4.78, 5) is 14.5. The van der Waals surface area contributed by atoms with E-state index in [1.165, 1.54) is 25.7 Å². The number of likely N-dealkylation sites (tertiary alicyclic amines) is 1. The lowest BCUT2D eigenvalue weighted by molar-refractivity contribution is 0.0134. The minimum Gasteiger partial charge on any atom is -0.444 e. The first kappa shape index (κ1) is 18.8. The summed E-state index contributed by atoms with van der Waals surface area (Å²) in [6.07, 6.45) is 6.93. The van der Waals surface area contributed by atoms with Crippen molar-refractivity contribution in [1.82, 2.24) is 10.2 Å². The van der Waals surface area contributed by atoms with E-state index in [1.807, 2.05) is 25.7 Å². The van der Waals surface area contributed by atoms with E-state index in [2.05, 4.69) is 27.8 Å². The van der Waals surface area contributed by atoms with Crippen molar-refractivity contribution in [2.24, 2.45) is 5.92 Å². The first-order valence-electron chi connectivity index (χ1n) is 8.84. The Morgan fingerprint density at radius 1 is 1.26 bits per heavy atom. The molecular weight excluding hydrogens is 356 g/mol. The Bertz CT molecular complexity index is 433. The largest absolute Gasteiger partial charge is 0.444 e. The van der Waals surface area contributed by atoms with Gasteiger partial charge in [0.2, 0.25) is 0 Å². The van der Waals surface area contributed by atoms with E-state index in [1.54, 1.807) is 0 Å². The van der Waals surface area contributed by atoms with Gasteiger partial charge in [0.05, 0.1) is 0 Å². The van der Waals surface area contributed by atoms with Crippen molar-refractivity contribution in [2.45, 2.75) is 77.0 Å². The summed E-state index contributed by atoms with van der Waals surface area (Å²) in [7, 11) is 0. The van der Waals surface area contributed by atoms with Gasteiger partial charge >= 0.3 is 6.09 Å². The fraction of sp³-hybridized carbons (Fsp3) is 0.833. The van der Waals surface area contributed by atoms with Gasteiger partial charge in [0.15, 0.2) is 0 Å². The molecule has 0 aromatic heterocycles. The van der Waals surface area contributed by atoms with E-state index >= 15 is 0 Å². The molecule has 0 aromatic carbocycles. The number of hydrogen-bond acceptors (Lipinski definition) is 3. The molecule has 1 N–H and O–H groups in total. The number of carbonyl (C=O) groups is 1. The summed E-state index contributed by atoms with van der Waals surface area (Å²) < 4.78 is 6.60. The molecule has 1 saturated heterocycles. The Kier molecular flexibility index (Phi) is 6.55. The number of ether oxygens (including phenoxy) is 1. The topological polar surface area (TPSA) is 41.6 Å². The summed E-state index contributed by atoms with van der Waals surface area (Å²) in [6, 6.07) is 0.775. The number of hydrogen-bond donors (Lipinski definition) is 1. The Balaban J connectivity index is 2.03. The first-order valence-corrected chi connectivity index (χ1v) is 9.63.